The molecule has 1 aliphatic rings. The van der Waals surface area contributed by atoms with Crippen molar-refractivity contribution in [2.24, 2.45) is 0 Å². The van der Waals surface area contributed by atoms with Crippen LogP contribution in [-0.2, 0) is 9.59 Å². The number of aryl methyl sites for hydroxylation is 1. The lowest BCUT2D eigenvalue weighted by atomic mass is 9.95. The van der Waals surface area contributed by atoms with E-state index in [1.165, 1.54) is 81.2 Å². The fourth-order valence-electron chi connectivity index (χ4n) is 5.58. The van der Waals surface area contributed by atoms with Crippen molar-refractivity contribution in [3.63, 3.8) is 0 Å². The van der Waals surface area contributed by atoms with Gasteiger partial charge in [0.15, 0.2) is 0 Å². The summed E-state index contributed by atoms with van der Waals surface area (Å²) in [5.74, 6) is -1.59. The van der Waals surface area contributed by atoms with E-state index in [1.54, 1.807) is 24.3 Å². The molecule has 0 bridgehead atoms. The highest BCUT2D eigenvalue weighted by Gasteiger charge is 2.45. The van der Waals surface area contributed by atoms with Gasteiger partial charge in [0.25, 0.3) is 17.4 Å². The van der Waals surface area contributed by atoms with Crippen LogP contribution in [0.4, 0.5) is 5.69 Å². The minimum Gasteiger partial charge on any atom is -0.507 e. The number of rotatable bonds is 18. The standard InChI is InChI=1S/C34H46N2O5/c1-3-4-5-6-7-8-9-10-11-12-13-14-15-16-25-35-31(27-21-23-29(24-22-27)36(40)41)30(33(38)34(35)39)32(37)28-19-17-26(2)18-20-28/h17-24,31,37H,3-16,25H2,1-2H3/b32-30+/t31-/m1/s1. The van der Waals surface area contributed by atoms with Gasteiger partial charge >= 0.3 is 0 Å². The lowest BCUT2D eigenvalue weighted by molar-refractivity contribution is -0.384. The van der Waals surface area contributed by atoms with Crippen LogP contribution in [-0.4, -0.2) is 33.2 Å². The Hall–Kier alpha value is -3.48. The van der Waals surface area contributed by atoms with Gasteiger partial charge in [-0.25, -0.2) is 0 Å². The van der Waals surface area contributed by atoms with Gasteiger partial charge in [0.05, 0.1) is 16.5 Å². The minimum absolute atomic E-state index is 0.0260. The Morgan fingerprint density at radius 1 is 0.780 bits per heavy atom. The van der Waals surface area contributed by atoms with E-state index in [1.807, 2.05) is 19.1 Å². The van der Waals surface area contributed by atoms with Gasteiger partial charge in [0.2, 0.25) is 0 Å². The maximum atomic E-state index is 13.2. The van der Waals surface area contributed by atoms with Crippen molar-refractivity contribution in [1.29, 1.82) is 0 Å². The molecule has 7 heteroatoms. The molecule has 2 aromatic carbocycles. The molecule has 0 unspecified atom stereocenters. The van der Waals surface area contributed by atoms with E-state index < -0.39 is 22.7 Å². The Morgan fingerprint density at radius 2 is 1.27 bits per heavy atom. The number of nitrogens with zero attached hydrogens (tertiary/aromatic N) is 2. The summed E-state index contributed by atoms with van der Waals surface area (Å²) in [5.41, 5.74) is 1.98. The predicted molar refractivity (Wildman–Crippen MR) is 164 cm³/mol. The molecule has 1 amide bonds. The number of unbranched alkanes of at least 4 members (excludes halogenated alkanes) is 13. The number of carbonyl (C=O) groups is 2. The van der Waals surface area contributed by atoms with Crippen molar-refractivity contribution in [3.8, 4) is 0 Å². The zero-order valence-electron chi connectivity index (χ0n) is 24.8. The molecule has 0 saturated carbocycles. The maximum absolute atomic E-state index is 13.2. The lowest BCUT2D eigenvalue weighted by Gasteiger charge is -2.25. The van der Waals surface area contributed by atoms with E-state index in [4.69, 9.17) is 0 Å². The highest BCUT2D eigenvalue weighted by atomic mass is 16.6. The lowest BCUT2D eigenvalue weighted by Crippen LogP contribution is -2.30. The van der Waals surface area contributed by atoms with E-state index in [-0.39, 0.29) is 17.0 Å². The van der Waals surface area contributed by atoms with Crippen LogP contribution < -0.4 is 0 Å². The fraction of sp³-hybridized carbons (Fsp3) is 0.529. The first kappa shape index (κ1) is 32.0. The first-order chi connectivity index (χ1) is 19.8. The zero-order chi connectivity index (χ0) is 29.6. The summed E-state index contributed by atoms with van der Waals surface area (Å²) in [6.07, 6.45) is 17.1. The molecule has 222 valence electrons. The molecule has 1 N–H and O–H groups in total. The summed E-state index contributed by atoms with van der Waals surface area (Å²) < 4.78 is 0. The van der Waals surface area contributed by atoms with Gasteiger partial charge in [-0.2, -0.15) is 0 Å². The number of hydrogen-bond acceptors (Lipinski definition) is 5. The highest BCUT2D eigenvalue weighted by Crippen LogP contribution is 2.40. The SMILES string of the molecule is CCCCCCCCCCCCCCCCN1C(=O)C(=O)/C(=C(/O)c2ccc(C)cc2)[C@H]1c1ccc([N+](=O)[O-])cc1. The van der Waals surface area contributed by atoms with Gasteiger partial charge in [0, 0.05) is 24.2 Å². The number of aliphatic hydroxyl groups is 1. The number of hydrogen-bond donors (Lipinski definition) is 1. The van der Waals surface area contributed by atoms with E-state index in [0.717, 1.165) is 31.2 Å². The van der Waals surface area contributed by atoms with Crippen LogP contribution in [0.5, 0.6) is 0 Å². The molecule has 1 atom stereocenters. The zero-order valence-corrected chi connectivity index (χ0v) is 24.8. The largest absolute Gasteiger partial charge is 0.507 e. The van der Waals surface area contributed by atoms with Gasteiger partial charge in [-0.3, -0.25) is 19.7 Å². The van der Waals surface area contributed by atoms with Crippen molar-refractivity contribution >= 4 is 23.1 Å². The van der Waals surface area contributed by atoms with Crippen LogP contribution in [0.1, 0.15) is 120 Å². The molecule has 0 aromatic heterocycles. The number of carbonyl (C=O) groups excluding carboxylic acids is 2. The number of amides is 1. The summed E-state index contributed by atoms with van der Waals surface area (Å²) in [7, 11) is 0. The van der Waals surface area contributed by atoms with Crippen molar-refractivity contribution in [3.05, 3.63) is 80.9 Å². The van der Waals surface area contributed by atoms with Gasteiger partial charge in [0.1, 0.15) is 5.76 Å². The second-order valence-electron chi connectivity index (χ2n) is 11.3. The fourth-order valence-corrected chi connectivity index (χ4v) is 5.58. The molecule has 2 aromatic rings. The third-order valence-electron chi connectivity index (χ3n) is 8.04. The molecule has 7 nitrogen and oxygen atoms in total. The summed E-state index contributed by atoms with van der Waals surface area (Å²) in [4.78, 5) is 38.6. The van der Waals surface area contributed by atoms with Crippen LogP contribution in [0, 0.1) is 17.0 Å². The third kappa shape index (κ3) is 9.27. The van der Waals surface area contributed by atoms with Crippen molar-refractivity contribution < 1.29 is 19.6 Å². The maximum Gasteiger partial charge on any atom is 0.295 e. The van der Waals surface area contributed by atoms with E-state index in [2.05, 4.69) is 6.92 Å². The van der Waals surface area contributed by atoms with Crippen molar-refractivity contribution in [2.75, 3.05) is 6.54 Å². The van der Waals surface area contributed by atoms with E-state index in [0.29, 0.717) is 17.7 Å². The Kier molecular flexibility index (Phi) is 13.1. The normalized spacial score (nSPS) is 16.4. The highest BCUT2D eigenvalue weighted by molar-refractivity contribution is 6.46. The number of nitro benzene ring substituents is 1. The molecule has 0 radical (unpaired) electrons. The monoisotopic (exact) mass is 562 g/mol. The summed E-state index contributed by atoms with van der Waals surface area (Å²) in [6.45, 7) is 4.56. The van der Waals surface area contributed by atoms with Crippen LogP contribution >= 0.6 is 0 Å². The van der Waals surface area contributed by atoms with Crippen LogP contribution in [0.2, 0.25) is 0 Å². The minimum atomic E-state index is -0.793. The average molecular weight is 563 g/mol. The average Bonchev–Trinajstić information content (AvgIpc) is 3.22. The Morgan fingerprint density at radius 3 is 1.76 bits per heavy atom. The number of ketones is 1. The number of benzene rings is 2. The van der Waals surface area contributed by atoms with Crippen molar-refractivity contribution in [1.82, 2.24) is 4.90 Å². The Labute approximate surface area is 244 Å². The van der Waals surface area contributed by atoms with E-state index in [9.17, 15) is 24.8 Å². The van der Waals surface area contributed by atoms with E-state index >= 15 is 0 Å². The third-order valence-corrected chi connectivity index (χ3v) is 8.04. The molecule has 1 saturated heterocycles. The molecule has 0 spiro atoms. The van der Waals surface area contributed by atoms with Gasteiger partial charge in [-0.15, -0.1) is 0 Å². The molecular weight excluding hydrogens is 516 g/mol. The molecule has 41 heavy (non-hydrogen) atoms. The van der Waals surface area contributed by atoms with Gasteiger partial charge in [-0.05, 0) is 31.0 Å². The number of likely N-dealkylation sites (tertiary alicyclic amines) is 1. The number of Topliss-reactive ketones (excluding diaryl/α,β-unsaturated/α-hetero) is 1. The Bertz CT molecular complexity index is 1170. The number of non-ortho nitro benzene ring substituents is 1. The number of nitro groups is 1. The van der Waals surface area contributed by atoms with Gasteiger partial charge < -0.3 is 10.0 Å². The number of aliphatic hydroxyl groups excluding tert-OH is 1. The quantitative estimate of drug-likeness (QED) is 0.0488. The van der Waals surface area contributed by atoms with Gasteiger partial charge in [-0.1, -0.05) is 120 Å². The Balaban J connectivity index is 1.58. The van der Waals surface area contributed by atoms with Crippen LogP contribution in [0.25, 0.3) is 5.76 Å². The second kappa shape index (κ2) is 16.7. The smallest absolute Gasteiger partial charge is 0.295 e. The second-order valence-corrected chi connectivity index (χ2v) is 11.3. The summed E-state index contributed by atoms with van der Waals surface area (Å²) in [5, 5.41) is 22.3. The summed E-state index contributed by atoms with van der Waals surface area (Å²) >= 11 is 0. The molecular formula is C34H46N2O5. The topological polar surface area (TPSA) is 101 Å². The summed E-state index contributed by atoms with van der Waals surface area (Å²) in [6, 6.07) is 12.2. The first-order valence-electron chi connectivity index (χ1n) is 15.4. The first-order valence-corrected chi connectivity index (χ1v) is 15.4. The predicted octanol–water partition coefficient (Wildman–Crippen LogP) is 8.81. The van der Waals surface area contributed by atoms with Crippen LogP contribution in [0.3, 0.4) is 0 Å². The van der Waals surface area contributed by atoms with Crippen LogP contribution in [0.15, 0.2) is 54.1 Å². The molecule has 1 aliphatic heterocycles. The molecule has 1 heterocycles. The van der Waals surface area contributed by atoms with Crippen molar-refractivity contribution in [2.45, 2.75) is 110 Å². The molecule has 3 rings (SSSR count). The molecule has 1 fully saturated rings. The molecule has 0 aliphatic carbocycles.